The summed E-state index contributed by atoms with van der Waals surface area (Å²) in [4.78, 5) is 4.41. The Morgan fingerprint density at radius 2 is 2.09 bits per heavy atom. The van der Waals surface area contributed by atoms with E-state index in [0.29, 0.717) is 24.7 Å². The fourth-order valence-electron chi connectivity index (χ4n) is 2.23. The summed E-state index contributed by atoms with van der Waals surface area (Å²) in [6.45, 7) is 3.46. The summed E-state index contributed by atoms with van der Waals surface area (Å²) in [5.41, 5.74) is 1.18. The molecule has 6 nitrogen and oxygen atoms in total. The van der Waals surface area contributed by atoms with Crippen LogP contribution in [0.3, 0.4) is 0 Å². The summed E-state index contributed by atoms with van der Waals surface area (Å²) in [6, 6.07) is 12.3. The number of hydrogen-bond acceptors (Lipinski definition) is 5. The van der Waals surface area contributed by atoms with Gasteiger partial charge in [0.25, 0.3) is 0 Å². The Morgan fingerprint density at radius 3 is 2.86 bits per heavy atom. The normalized spacial score (nSPS) is 12.4. The minimum absolute atomic E-state index is 0.268. The van der Waals surface area contributed by atoms with Crippen LogP contribution in [0.4, 0.5) is 0 Å². The van der Waals surface area contributed by atoms with Gasteiger partial charge in [-0.15, -0.1) is 0 Å². The van der Waals surface area contributed by atoms with E-state index in [4.69, 9.17) is 4.52 Å². The van der Waals surface area contributed by atoms with Crippen molar-refractivity contribution in [3.8, 4) is 0 Å². The highest BCUT2D eigenvalue weighted by Gasteiger charge is 2.09. The predicted octanol–water partition coefficient (Wildman–Crippen LogP) is 2.04. The minimum Gasteiger partial charge on any atom is -0.338 e. The van der Waals surface area contributed by atoms with Gasteiger partial charge in [-0.05, 0) is 18.6 Å². The third kappa shape index (κ3) is 4.02. The van der Waals surface area contributed by atoms with Crippen molar-refractivity contribution in [2.24, 2.45) is 0 Å². The van der Waals surface area contributed by atoms with Crippen LogP contribution >= 0.6 is 0 Å². The zero-order valence-corrected chi connectivity index (χ0v) is 12.5. The first kappa shape index (κ1) is 14.5. The molecule has 0 fully saturated rings. The molecule has 2 heterocycles. The quantitative estimate of drug-likeness (QED) is 0.722. The van der Waals surface area contributed by atoms with Gasteiger partial charge in [0.05, 0.1) is 13.1 Å². The largest absolute Gasteiger partial charge is 0.338 e. The Kier molecular flexibility index (Phi) is 4.60. The Labute approximate surface area is 129 Å². The second-order valence-electron chi connectivity index (χ2n) is 5.28. The van der Waals surface area contributed by atoms with Crippen LogP contribution in [0, 0.1) is 0 Å². The molecule has 6 heteroatoms. The molecule has 3 rings (SSSR count). The first-order valence-electron chi connectivity index (χ1n) is 7.36. The van der Waals surface area contributed by atoms with E-state index in [1.807, 2.05) is 35.1 Å². The van der Waals surface area contributed by atoms with Crippen LogP contribution in [0.1, 0.15) is 24.2 Å². The summed E-state index contributed by atoms with van der Waals surface area (Å²) in [6.07, 6.45) is 4.41. The number of aromatic nitrogens is 4. The molecule has 1 atom stereocenters. The van der Waals surface area contributed by atoms with Gasteiger partial charge >= 0.3 is 0 Å². The maximum Gasteiger partial charge on any atom is 0.240 e. The van der Waals surface area contributed by atoms with E-state index in [9.17, 15) is 0 Å². The molecule has 0 radical (unpaired) electrons. The second kappa shape index (κ2) is 7.00. The average molecular weight is 297 g/mol. The van der Waals surface area contributed by atoms with E-state index in [0.717, 1.165) is 6.54 Å². The van der Waals surface area contributed by atoms with Crippen molar-refractivity contribution >= 4 is 0 Å². The molecule has 0 spiro atoms. The van der Waals surface area contributed by atoms with Gasteiger partial charge in [-0.3, -0.25) is 4.68 Å². The third-order valence-electron chi connectivity index (χ3n) is 3.34. The van der Waals surface area contributed by atoms with Crippen molar-refractivity contribution in [3.63, 3.8) is 0 Å². The standard InChI is InChI=1S/C16H19N5O/c1-13(12-21-9-5-8-18-21)17-11-16-19-15(20-22-16)10-14-6-3-2-4-7-14/h2-9,13,17H,10-12H2,1H3. The molecule has 0 aliphatic carbocycles. The van der Waals surface area contributed by atoms with E-state index < -0.39 is 0 Å². The monoisotopic (exact) mass is 297 g/mol. The van der Waals surface area contributed by atoms with Crippen LogP contribution in [0.15, 0.2) is 53.3 Å². The Balaban J connectivity index is 1.49. The van der Waals surface area contributed by atoms with E-state index >= 15 is 0 Å². The first-order chi connectivity index (χ1) is 10.8. The molecule has 0 saturated heterocycles. The van der Waals surface area contributed by atoms with Crippen molar-refractivity contribution in [1.29, 1.82) is 0 Å². The number of hydrogen-bond donors (Lipinski definition) is 1. The van der Waals surface area contributed by atoms with Crippen molar-refractivity contribution in [1.82, 2.24) is 25.2 Å². The number of nitrogens with one attached hydrogen (secondary N) is 1. The van der Waals surface area contributed by atoms with Crippen LogP contribution in [0.5, 0.6) is 0 Å². The zero-order chi connectivity index (χ0) is 15.2. The van der Waals surface area contributed by atoms with Crippen molar-refractivity contribution in [3.05, 3.63) is 66.1 Å². The van der Waals surface area contributed by atoms with Gasteiger partial charge in [-0.25, -0.2) is 0 Å². The summed E-state index contributed by atoms with van der Waals surface area (Å²) in [5, 5.41) is 11.6. The Hall–Kier alpha value is -2.47. The van der Waals surface area contributed by atoms with Crippen LogP contribution < -0.4 is 5.32 Å². The lowest BCUT2D eigenvalue weighted by Crippen LogP contribution is -2.30. The lowest BCUT2D eigenvalue weighted by atomic mass is 10.1. The van der Waals surface area contributed by atoms with E-state index in [1.54, 1.807) is 6.20 Å². The Bertz CT molecular complexity index is 678. The van der Waals surface area contributed by atoms with E-state index in [-0.39, 0.29) is 6.04 Å². The van der Waals surface area contributed by atoms with Crippen LogP contribution in [0.25, 0.3) is 0 Å². The molecule has 114 valence electrons. The van der Waals surface area contributed by atoms with E-state index in [1.165, 1.54) is 5.56 Å². The summed E-state index contributed by atoms with van der Waals surface area (Å²) >= 11 is 0. The molecule has 0 amide bonds. The smallest absolute Gasteiger partial charge is 0.240 e. The third-order valence-corrected chi connectivity index (χ3v) is 3.34. The molecule has 2 aromatic heterocycles. The number of rotatable bonds is 7. The first-order valence-corrected chi connectivity index (χ1v) is 7.36. The highest BCUT2D eigenvalue weighted by Crippen LogP contribution is 2.06. The van der Waals surface area contributed by atoms with E-state index in [2.05, 4.69) is 39.6 Å². The Morgan fingerprint density at radius 1 is 1.23 bits per heavy atom. The molecule has 1 aromatic carbocycles. The van der Waals surface area contributed by atoms with Crippen molar-refractivity contribution < 1.29 is 4.52 Å². The lowest BCUT2D eigenvalue weighted by molar-refractivity contribution is 0.347. The van der Waals surface area contributed by atoms with Crippen LogP contribution in [-0.2, 0) is 19.5 Å². The van der Waals surface area contributed by atoms with Crippen molar-refractivity contribution in [2.75, 3.05) is 0 Å². The van der Waals surface area contributed by atoms with Crippen molar-refractivity contribution in [2.45, 2.75) is 32.5 Å². The van der Waals surface area contributed by atoms with Gasteiger partial charge in [0, 0.05) is 24.9 Å². The molecular weight excluding hydrogens is 278 g/mol. The predicted molar refractivity (Wildman–Crippen MR) is 82.1 cm³/mol. The van der Waals surface area contributed by atoms with Crippen LogP contribution in [-0.4, -0.2) is 26.0 Å². The second-order valence-corrected chi connectivity index (χ2v) is 5.28. The maximum absolute atomic E-state index is 5.28. The lowest BCUT2D eigenvalue weighted by Gasteiger charge is -2.11. The van der Waals surface area contributed by atoms with Gasteiger partial charge in [0.1, 0.15) is 0 Å². The molecule has 0 bridgehead atoms. The fraction of sp³-hybridized carbons (Fsp3) is 0.312. The molecule has 22 heavy (non-hydrogen) atoms. The zero-order valence-electron chi connectivity index (χ0n) is 12.5. The van der Waals surface area contributed by atoms with Crippen LogP contribution in [0.2, 0.25) is 0 Å². The summed E-state index contributed by atoms with van der Waals surface area (Å²) < 4.78 is 7.17. The summed E-state index contributed by atoms with van der Waals surface area (Å²) in [7, 11) is 0. The van der Waals surface area contributed by atoms with Gasteiger partial charge in [-0.2, -0.15) is 10.1 Å². The molecule has 1 unspecified atom stereocenters. The minimum atomic E-state index is 0.268. The maximum atomic E-state index is 5.28. The summed E-state index contributed by atoms with van der Waals surface area (Å²) in [5.74, 6) is 1.32. The molecule has 0 saturated carbocycles. The van der Waals surface area contributed by atoms with Gasteiger partial charge in [0.15, 0.2) is 5.82 Å². The SMILES string of the molecule is CC(Cn1cccn1)NCc1nc(Cc2ccccc2)no1. The molecule has 3 aromatic rings. The molecule has 0 aliphatic heterocycles. The fourth-order valence-corrected chi connectivity index (χ4v) is 2.23. The molecular formula is C16H19N5O. The number of benzene rings is 1. The molecule has 0 aliphatic rings. The van der Waals surface area contributed by atoms with Gasteiger partial charge < -0.3 is 9.84 Å². The number of nitrogens with zero attached hydrogens (tertiary/aromatic N) is 4. The van der Waals surface area contributed by atoms with Gasteiger partial charge in [0.2, 0.25) is 5.89 Å². The topological polar surface area (TPSA) is 68.8 Å². The highest BCUT2D eigenvalue weighted by atomic mass is 16.5. The highest BCUT2D eigenvalue weighted by molar-refractivity contribution is 5.18. The molecule has 1 N–H and O–H groups in total. The van der Waals surface area contributed by atoms with Gasteiger partial charge in [-0.1, -0.05) is 35.5 Å². The average Bonchev–Trinajstić information content (AvgIpc) is 3.18.